The Kier molecular flexibility index (Phi) is 4.22. The lowest BCUT2D eigenvalue weighted by atomic mass is 9.96. The van der Waals surface area contributed by atoms with Gasteiger partial charge < -0.3 is 4.90 Å². The molecule has 5 nitrogen and oxygen atoms in total. The minimum atomic E-state index is -4.40. The maximum Gasteiger partial charge on any atom is 0.417 e. The Morgan fingerprint density at radius 1 is 1.15 bits per heavy atom. The van der Waals surface area contributed by atoms with E-state index in [4.69, 9.17) is 11.6 Å². The molecule has 4 heterocycles. The highest BCUT2D eigenvalue weighted by atomic mass is 35.5. The number of rotatable bonds is 2. The largest absolute Gasteiger partial charge is 0.417 e. The van der Waals surface area contributed by atoms with Crippen molar-refractivity contribution in [2.24, 2.45) is 0 Å². The van der Waals surface area contributed by atoms with E-state index in [-0.39, 0.29) is 5.92 Å². The predicted octanol–water partition coefficient (Wildman–Crippen LogP) is 4.18. The van der Waals surface area contributed by atoms with Crippen LogP contribution in [0.3, 0.4) is 0 Å². The first-order chi connectivity index (χ1) is 12.4. The van der Waals surface area contributed by atoms with Crippen molar-refractivity contribution in [3.8, 4) is 0 Å². The minimum absolute atomic E-state index is 0.0357. The van der Waals surface area contributed by atoms with E-state index < -0.39 is 11.7 Å². The van der Waals surface area contributed by atoms with Crippen molar-refractivity contribution in [3.05, 3.63) is 53.2 Å². The molecule has 26 heavy (non-hydrogen) atoms. The lowest BCUT2D eigenvalue weighted by molar-refractivity contribution is -0.137. The molecule has 0 N–H and O–H groups in total. The highest BCUT2D eigenvalue weighted by molar-refractivity contribution is 6.33. The summed E-state index contributed by atoms with van der Waals surface area (Å²) in [7, 11) is 0. The second-order valence-corrected chi connectivity index (χ2v) is 6.72. The van der Waals surface area contributed by atoms with E-state index in [0.29, 0.717) is 23.0 Å². The fraction of sp³-hybridized carbons (Fsp3) is 0.353. The van der Waals surface area contributed by atoms with Gasteiger partial charge in [-0.1, -0.05) is 11.6 Å². The summed E-state index contributed by atoms with van der Waals surface area (Å²) >= 11 is 6.23. The summed E-state index contributed by atoms with van der Waals surface area (Å²) in [6, 6.07) is 4.21. The maximum atomic E-state index is 13.0. The Hall–Kier alpha value is -2.35. The molecule has 1 fully saturated rings. The second-order valence-electron chi connectivity index (χ2n) is 6.31. The van der Waals surface area contributed by atoms with Gasteiger partial charge in [0.1, 0.15) is 5.82 Å². The summed E-state index contributed by atoms with van der Waals surface area (Å²) in [5.41, 5.74) is 0.569. The van der Waals surface area contributed by atoms with Gasteiger partial charge in [0.25, 0.3) is 0 Å². The Morgan fingerprint density at radius 3 is 2.77 bits per heavy atom. The molecule has 0 amide bonds. The number of halogens is 4. The van der Waals surface area contributed by atoms with E-state index in [1.54, 1.807) is 12.4 Å². The molecule has 3 aromatic rings. The van der Waals surface area contributed by atoms with Crippen LogP contribution in [0.2, 0.25) is 5.02 Å². The predicted molar refractivity (Wildman–Crippen MR) is 91.4 cm³/mol. The van der Waals surface area contributed by atoms with Gasteiger partial charge in [-0.2, -0.15) is 13.2 Å². The first-order valence-corrected chi connectivity index (χ1v) is 8.57. The number of hydrogen-bond acceptors (Lipinski definition) is 4. The molecule has 1 aliphatic heterocycles. The third-order valence-electron chi connectivity index (χ3n) is 4.63. The molecule has 136 valence electrons. The number of nitrogens with zero attached hydrogens (tertiary/aromatic N) is 5. The van der Waals surface area contributed by atoms with Gasteiger partial charge in [0.05, 0.1) is 16.3 Å². The van der Waals surface area contributed by atoms with Crippen LogP contribution in [0.4, 0.5) is 18.9 Å². The van der Waals surface area contributed by atoms with Crippen LogP contribution < -0.4 is 4.90 Å². The van der Waals surface area contributed by atoms with Crippen LogP contribution >= 0.6 is 11.6 Å². The van der Waals surface area contributed by atoms with E-state index in [0.717, 1.165) is 37.3 Å². The molecule has 0 saturated carbocycles. The lowest BCUT2D eigenvalue weighted by Gasteiger charge is -2.34. The Bertz CT molecular complexity index is 940. The number of alkyl halides is 3. The summed E-state index contributed by atoms with van der Waals surface area (Å²) in [4.78, 5) is 6.11. The monoisotopic (exact) mass is 381 g/mol. The highest BCUT2D eigenvalue weighted by Crippen LogP contribution is 2.34. The first kappa shape index (κ1) is 17.1. The van der Waals surface area contributed by atoms with Crippen LogP contribution in [0, 0.1) is 0 Å². The number of anilines is 1. The van der Waals surface area contributed by atoms with Gasteiger partial charge in [0.15, 0.2) is 5.65 Å². The average Bonchev–Trinajstić information content (AvgIpc) is 3.05. The van der Waals surface area contributed by atoms with Crippen LogP contribution in [-0.4, -0.2) is 32.7 Å². The van der Waals surface area contributed by atoms with Crippen LogP contribution in [-0.2, 0) is 6.18 Å². The normalized spacial score (nSPS) is 18.5. The zero-order valence-corrected chi connectivity index (χ0v) is 14.4. The SMILES string of the molecule is FC(F)(F)c1ccc2nnc(C3CCCN(c4ccncc4Cl)C3)n2c1. The van der Waals surface area contributed by atoms with Crippen molar-refractivity contribution >= 4 is 22.9 Å². The number of fused-ring (bicyclic) bond motifs is 1. The Morgan fingerprint density at radius 2 is 2.00 bits per heavy atom. The summed E-state index contributed by atoms with van der Waals surface area (Å²) in [5.74, 6) is 0.507. The molecule has 0 aliphatic carbocycles. The van der Waals surface area contributed by atoms with E-state index in [1.165, 1.54) is 10.5 Å². The van der Waals surface area contributed by atoms with Crippen molar-refractivity contribution < 1.29 is 13.2 Å². The van der Waals surface area contributed by atoms with E-state index >= 15 is 0 Å². The molecular formula is C17H15ClF3N5. The van der Waals surface area contributed by atoms with E-state index in [1.807, 2.05) is 6.07 Å². The molecule has 9 heteroatoms. The van der Waals surface area contributed by atoms with Crippen LogP contribution in [0.1, 0.15) is 30.1 Å². The van der Waals surface area contributed by atoms with Gasteiger partial charge in [-0.05, 0) is 31.0 Å². The molecule has 1 unspecified atom stereocenters. The topological polar surface area (TPSA) is 46.3 Å². The molecule has 0 aromatic carbocycles. The number of hydrogen-bond donors (Lipinski definition) is 0. The zero-order valence-electron chi connectivity index (χ0n) is 13.6. The number of pyridine rings is 2. The molecular weight excluding hydrogens is 367 g/mol. The summed E-state index contributed by atoms with van der Waals surface area (Å²) in [6.45, 7) is 1.44. The minimum Gasteiger partial charge on any atom is -0.370 e. The van der Waals surface area contributed by atoms with Crippen LogP contribution in [0.15, 0.2) is 36.8 Å². The Labute approximate surface area is 152 Å². The lowest BCUT2D eigenvalue weighted by Crippen LogP contribution is -2.35. The molecule has 1 saturated heterocycles. The average molecular weight is 382 g/mol. The van der Waals surface area contributed by atoms with Gasteiger partial charge in [0.2, 0.25) is 0 Å². The van der Waals surface area contributed by atoms with Crippen molar-refractivity contribution in [2.45, 2.75) is 24.9 Å². The van der Waals surface area contributed by atoms with Crippen molar-refractivity contribution in [3.63, 3.8) is 0 Å². The first-order valence-electron chi connectivity index (χ1n) is 8.20. The smallest absolute Gasteiger partial charge is 0.370 e. The molecule has 3 aromatic heterocycles. The van der Waals surface area contributed by atoms with Crippen molar-refractivity contribution in [2.75, 3.05) is 18.0 Å². The molecule has 0 radical (unpaired) electrons. The molecule has 0 spiro atoms. The molecule has 4 rings (SSSR count). The van der Waals surface area contributed by atoms with E-state index in [2.05, 4.69) is 20.1 Å². The Balaban J connectivity index is 1.68. The summed E-state index contributed by atoms with van der Waals surface area (Å²) in [6.07, 6.45) is 1.64. The fourth-order valence-corrected chi connectivity index (χ4v) is 3.62. The molecule has 0 bridgehead atoms. The van der Waals surface area contributed by atoms with Gasteiger partial charge in [0, 0.05) is 37.6 Å². The molecule has 1 aliphatic rings. The van der Waals surface area contributed by atoms with Crippen molar-refractivity contribution in [1.82, 2.24) is 19.6 Å². The zero-order chi connectivity index (χ0) is 18.3. The third-order valence-corrected chi connectivity index (χ3v) is 4.93. The fourth-order valence-electron chi connectivity index (χ4n) is 3.39. The van der Waals surface area contributed by atoms with Crippen molar-refractivity contribution in [1.29, 1.82) is 0 Å². The van der Waals surface area contributed by atoms with E-state index in [9.17, 15) is 13.2 Å². The maximum absolute atomic E-state index is 13.0. The number of piperidine rings is 1. The van der Waals surface area contributed by atoms with Gasteiger partial charge in [-0.3, -0.25) is 9.38 Å². The third kappa shape index (κ3) is 3.09. The summed E-state index contributed by atoms with van der Waals surface area (Å²) in [5, 5.41) is 8.74. The van der Waals surface area contributed by atoms with Gasteiger partial charge in [-0.25, -0.2) is 0 Å². The number of aromatic nitrogens is 4. The van der Waals surface area contributed by atoms with Gasteiger partial charge in [-0.15, -0.1) is 10.2 Å². The highest BCUT2D eigenvalue weighted by Gasteiger charge is 2.32. The quantitative estimate of drug-likeness (QED) is 0.668. The van der Waals surface area contributed by atoms with Gasteiger partial charge >= 0.3 is 6.18 Å². The standard InChI is InChI=1S/C17H15ClF3N5/c18-13-8-22-6-5-14(13)25-7-1-2-11(9-25)16-24-23-15-4-3-12(10-26(15)16)17(19,20)21/h3-6,8,10-11H,1-2,7,9H2. The molecule has 1 atom stereocenters. The van der Waals surface area contributed by atoms with Crippen LogP contribution in [0.5, 0.6) is 0 Å². The van der Waals surface area contributed by atoms with Crippen LogP contribution in [0.25, 0.3) is 5.65 Å². The second kappa shape index (κ2) is 6.42. The summed E-state index contributed by atoms with van der Waals surface area (Å²) < 4.78 is 40.6.